The highest BCUT2D eigenvalue weighted by Gasteiger charge is 2.20. The number of hydrogen-bond acceptors (Lipinski definition) is 5. The molecule has 0 aliphatic carbocycles. The van der Waals surface area contributed by atoms with Gasteiger partial charge in [-0.05, 0) is 42.0 Å². The molecule has 1 N–H and O–H groups in total. The summed E-state index contributed by atoms with van der Waals surface area (Å²) in [5.74, 6) is 1.64. The van der Waals surface area contributed by atoms with Gasteiger partial charge < -0.3 is 5.32 Å². The van der Waals surface area contributed by atoms with E-state index in [4.69, 9.17) is 0 Å². The van der Waals surface area contributed by atoms with Gasteiger partial charge in [0, 0.05) is 11.6 Å². The second-order valence-electron chi connectivity index (χ2n) is 4.81. The van der Waals surface area contributed by atoms with E-state index in [1.807, 2.05) is 45.6 Å². The predicted molar refractivity (Wildman–Crippen MR) is 90.5 cm³/mol. The Balaban J connectivity index is 1.87. The van der Waals surface area contributed by atoms with E-state index in [2.05, 4.69) is 21.8 Å². The van der Waals surface area contributed by atoms with Crippen molar-refractivity contribution in [2.24, 2.45) is 0 Å². The second kappa shape index (κ2) is 6.93. The van der Waals surface area contributed by atoms with Crippen molar-refractivity contribution in [1.82, 2.24) is 19.9 Å². The maximum Gasteiger partial charge on any atom is 0.252 e. The number of nitrogens with zero attached hydrogens (tertiary/aromatic N) is 3. The molecule has 0 spiro atoms. The van der Waals surface area contributed by atoms with Crippen molar-refractivity contribution < 1.29 is 4.79 Å². The smallest absolute Gasteiger partial charge is 0.252 e. The number of hydrogen-bond donors (Lipinski definition) is 1. The van der Waals surface area contributed by atoms with Crippen LogP contribution in [0.3, 0.4) is 0 Å². The summed E-state index contributed by atoms with van der Waals surface area (Å²) in [5, 5.41) is 15.3. The van der Waals surface area contributed by atoms with Gasteiger partial charge in [-0.2, -0.15) is 23.1 Å². The lowest BCUT2D eigenvalue weighted by Gasteiger charge is -2.16. The van der Waals surface area contributed by atoms with Crippen molar-refractivity contribution in [3.8, 4) is 0 Å². The zero-order chi connectivity index (χ0) is 15.4. The Morgan fingerprint density at radius 1 is 1.41 bits per heavy atom. The molecular formula is C15H16N4OS2. The molecule has 1 unspecified atom stereocenters. The Labute approximate surface area is 136 Å². The van der Waals surface area contributed by atoms with Crippen LogP contribution in [0.5, 0.6) is 0 Å². The standard InChI is InChI=1S/C15H16N4OS2/c1-21-8-6-12(16-15(20)11-5-9-22-10-11)14-18-17-13-4-2-3-7-19(13)14/h2-5,7,9-10,12H,6,8H2,1H3,(H,16,20). The third-order valence-electron chi connectivity index (χ3n) is 3.35. The summed E-state index contributed by atoms with van der Waals surface area (Å²) in [6.07, 6.45) is 4.79. The maximum absolute atomic E-state index is 12.3. The third-order valence-corrected chi connectivity index (χ3v) is 4.68. The fourth-order valence-corrected chi connectivity index (χ4v) is 3.34. The maximum atomic E-state index is 12.3. The summed E-state index contributed by atoms with van der Waals surface area (Å²) in [7, 11) is 0. The summed E-state index contributed by atoms with van der Waals surface area (Å²) in [4.78, 5) is 12.3. The molecule has 22 heavy (non-hydrogen) atoms. The number of thiophene rings is 1. The van der Waals surface area contributed by atoms with Crippen LogP contribution < -0.4 is 5.32 Å². The predicted octanol–water partition coefficient (Wildman–Crippen LogP) is 3.02. The SMILES string of the molecule is CSCCC(NC(=O)c1ccsc1)c1nnc2ccccn12. The highest BCUT2D eigenvalue weighted by atomic mass is 32.2. The molecule has 3 heterocycles. The first-order chi connectivity index (χ1) is 10.8. The van der Waals surface area contributed by atoms with Crippen LogP contribution in [0, 0.1) is 0 Å². The molecule has 0 saturated carbocycles. The van der Waals surface area contributed by atoms with Crippen LogP contribution in [0.4, 0.5) is 0 Å². The Morgan fingerprint density at radius 2 is 2.32 bits per heavy atom. The fraction of sp³-hybridized carbons (Fsp3) is 0.267. The van der Waals surface area contributed by atoms with Gasteiger partial charge >= 0.3 is 0 Å². The molecule has 1 atom stereocenters. The highest BCUT2D eigenvalue weighted by molar-refractivity contribution is 7.98. The van der Waals surface area contributed by atoms with Crippen LogP contribution in [0.25, 0.3) is 5.65 Å². The Bertz CT molecular complexity index is 754. The minimum Gasteiger partial charge on any atom is -0.342 e. The molecule has 0 aromatic carbocycles. The first-order valence-electron chi connectivity index (χ1n) is 6.91. The number of carbonyl (C=O) groups is 1. The first-order valence-corrected chi connectivity index (χ1v) is 9.25. The molecule has 0 saturated heterocycles. The number of pyridine rings is 1. The quantitative estimate of drug-likeness (QED) is 0.754. The molecule has 3 aromatic rings. The van der Waals surface area contributed by atoms with Gasteiger partial charge in [-0.1, -0.05) is 6.07 Å². The fourth-order valence-electron chi connectivity index (χ4n) is 2.23. The number of fused-ring (bicyclic) bond motifs is 1. The molecule has 0 radical (unpaired) electrons. The minimum atomic E-state index is -0.155. The number of rotatable bonds is 6. The van der Waals surface area contributed by atoms with Crippen LogP contribution in [0.2, 0.25) is 0 Å². The first kappa shape index (κ1) is 15.1. The average Bonchev–Trinajstić information content (AvgIpc) is 3.20. The van der Waals surface area contributed by atoms with Gasteiger partial charge in [0.05, 0.1) is 11.6 Å². The van der Waals surface area contributed by atoms with Gasteiger partial charge in [0.2, 0.25) is 0 Å². The van der Waals surface area contributed by atoms with Crippen molar-refractivity contribution in [3.05, 3.63) is 52.6 Å². The van der Waals surface area contributed by atoms with Gasteiger partial charge in [-0.15, -0.1) is 10.2 Å². The molecule has 0 bridgehead atoms. The van der Waals surface area contributed by atoms with E-state index in [0.717, 1.165) is 23.6 Å². The van der Waals surface area contributed by atoms with Gasteiger partial charge in [-0.25, -0.2) is 0 Å². The summed E-state index contributed by atoms with van der Waals surface area (Å²) >= 11 is 3.27. The largest absolute Gasteiger partial charge is 0.342 e. The number of thioether (sulfide) groups is 1. The number of nitrogens with one attached hydrogen (secondary N) is 1. The summed E-state index contributed by atoms with van der Waals surface area (Å²) in [6, 6.07) is 7.44. The van der Waals surface area contributed by atoms with E-state index in [1.165, 1.54) is 11.3 Å². The topological polar surface area (TPSA) is 59.3 Å². The van der Waals surface area contributed by atoms with E-state index in [-0.39, 0.29) is 11.9 Å². The van der Waals surface area contributed by atoms with Crippen molar-refractivity contribution >= 4 is 34.7 Å². The molecular weight excluding hydrogens is 316 g/mol. The molecule has 0 aliphatic heterocycles. The summed E-state index contributed by atoms with van der Waals surface area (Å²) in [5.41, 5.74) is 1.48. The normalized spacial score (nSPS) is 12.4. The molecule has 3 rings (SSSR count). The highest BCUT2D eigenvalue weighted by Crippen LogP contribution is 2.19. The van der Waals surface area contributed by atoms with E-state index >= 15 is 0 Å². The Hall–Kier alpha value is -1.86. The lowest BCUT2D eigenvalue weighted by Crippen LogP contribution is -2.30. The van der Waals surface area contributed by atoms with Crippen molar-refractivity contribution in [2.45, 2.75) is 12.5 Å². The Kier molecular flexibility index (Phi) is 4.74. The van der Waals surface area contributed by atoms with Gasteiger partial charge in [0.1, 0.15) is 0 Å². The van der Waals surface area contributed by atoms with Crippen LogP contribution in [-0.2, 0) is 0 Å². The summed E-state index contributed by atoms with van der Waals surface area (Å²) in [6.45, 7) is 0. The van der Waals surface area contributed by atoms with E-state index in [9.17, 15) is 4.79 Å². The minimum absolute atomic E-state index is 0.0694. The van der Waals surface area contributed by atoms with E-state index in [0.29, 0.717) is 5.56 Å². The lowest BCUT2D eigenvalue weighted by atomic mass is 10.2. The monoisotopic (exact) mass is 332 g/mol. The second-order valence-corrected chi connectivity index (χ2v) is 6.57. The molecule has 5 nitrogen and oxygen atoms in total. The average molecular weight is 332 g/mol. The van der Waals surface area contributed by atoms with Crippen molar-refractivity contribution in [1.29, 1.82) is 0 Å². The molecule has 0 aliphatic rings. The number of aromatic nitrogens is 3. The van der Waals surface area contributed by atoms with E-state index < -0.39 is 0 Å². The van der Waals surface area contributed by atoms with Crippen LogP contribution >= 0.6 is 23.1 Å². The van der Waals surface area contributed by atoms with Crippen molar-refractivity contribution in [3.63, 3.8) is 0 Å². The zero-order valence-electron chi connectivity index (χ0n) is 12.1. The molecule has 0 fully saturated rings. The van der Waals surface area contributed by atoms with Crippen LogP contribution in [0.15, 0.2) is 41.2 Å². The molecule has 1 amide bonds. The van der Waals surface area contributed by atoms with Crippen LogP contribution in [0.1, 0.15) is 28.6 Å². The molecule has 3 aromatic heterocycles. The molecule has 114 valence electrons. The van der Waals surface area contributed by atoms with Gasteiger partial charge in [0.15, 0.2) is 11.5 Å². The lowest BCUT2D eigenvalue weighted by molar-refractivity contribution is 0.0934. The van der Waals surface area contributed by atoms with Gasteiger partial charge in [0.25, 0.3) is 5.91 Å². The van der Waals surface area contributed by atoms with E-state index in [1.54, 1.807) is 11.8 Å². The number of carbonyl (C=O) groups excluding carboxylic acids is 1. The Morgan fingerprint density at radius 3 is 3.09 bits per heavy atom. The third kappa shape index (κ3) is 3.15. The number of amides is 1. The molecule has 7 heteroatoms. The van der Waals surface area contributed by atoms with Gasteiger partial charge in [-0.3, -0.25) is 9.20 Å². The zero-order valence-corrected chi connectivity index (χ0v) is 13.7. The van der Waals surface area contributed by atoms with Crippen LogP contribution in [-0.4, -0.2) is 32.5 Å². The summed E-state index contributed by atoms with van der Waals surface area (Å²) < 4.78 is 1.93. The van der Waals surface area contributed by atoms with Crippen molar-refractivity contribution in [2.75, 3.05) is 12.0 Å².